The molecule has 9 heteroatoms. The number of ether oxygens (including phenoxy) is 1. The number of hydrogen-bond donors (Lipinski definition) is 2. The van der Waals surface area contributed by atoms with Gasteiger partial charge in [0.1, 0.15) is 0 Å². The standard InChI is InChI=1S/C27H32N4O4S/c1-19-10-12-20(13-11-19)16-28-25(33)18-36-27-30-23-8-3-2-7-22(23)26(34)31(27)14-4-9-24(32)29-17-21-6-5-15-35-21/h2-3,7-8,10-13,21H,4-6,9,14-18H2,1H3,(H,28,33)(H,29,32). The zero-order valence-electron chi connectivity index (χ0n) is 20.5. The third-order valence-electron chi connectivity index (χ3n) is 6.11. The van der Waals surface area contributed by atoms with E-state index in [4.69, 9.17) is 4.74 Å². The van der Waals surface area contributed by atoms with Crippen LogP contribution in [0.1, 0.15) is 36.8 Å². The Balaban J connectivity index is 1.36. The summed E-state index contributed by atoms with van der Waals surface area (Å²) in [5.74, 6) is -0.0570. The highest BCUT2D eigenvalue weighted by Crippen LogP contribution is 2.18. The third kappa shape index (κ3) is 7.18. The summed E-state index contributed by atoms with van der Waals surface area (Å²) in [5.41, 5.74) is 2.62. The number of fused-ring (bicyclic) bond motifs is 1. The van der Waals surface area contributed by atoms with Gasteiger partial charge in [-0.25, -0.2) is 4.98 Å². The van der Waals surface area contributed by atoms with E-state index in [0.717, 1.165) is 25.0 Å². The lowest BCUT2D eigenvalue weighted by Crippen LogP contribution is -2.32. The van der Waals surface area contributed by atoms with Crippen molar-refractivity contribution in [3.63, 3.8) is 0 Å². The van der Waals surface area contributed by atoms with Gasteiger partial charge < -0.3 is 15.4 Å². The summed E-state index contributed by atoms with van der Waals surface area (Å²) in [5, 5.41) is 6.83. The number of amides is 2. The molecule has 2 N–H and O–H groups in total. The Bertz CT molecular complexity index is 1250. The molecule has 2 amide bonds. The third-order valence-corrected chi connectivity index (χ3v) is 7.08. The highest BCUT2D eigenvalue weighted by atomic mass is 32.2. The van der Waals surface area contributed by atoms with E-state index in [-0.39, 0.29) is 29.2 Å². The van der Waals surface area contributed by atoms with Crippen LogP contribution in [0.25, 0.3) is 10.9 Å². The normalized spacial score (nSPS) is 15.2. The number of nitrogens with one attached hydrogen (secondary N) is 2. The van der Waals surface area contributed by atoms with Gasteiger partial charge >= 0.3 is 0 Å². The average molecular weight is 509 g/mol. The zero-order chi connectivity index (χ0) is 25.3. The van der Waals surface area contributed by atoms with Gasteiger partial charge in [0.15, 0.2) is 5.16 Å². The first-order valence-corrected chi connectivity index (χ1v) is 13.3. The van der Waals surface area contributed by atoms with E-state index in [1.54, 1.807) is 22.8 Å². The van der Waals surface area contributed by atoms with Crippen LogP contribution in [-0.2, 0) is 27.4 Å². The van der Waals surface area contributed by atoms with E-state index in [2.05, 4.69) is 15.6 Å². The van der Waals surface area contributed by atoms with Gasteiger partial charge in [-0.1, -0.05) is 53.7 Å². The van der Waals surface area contributed by atoms with Crippen molar-refractivity contribution in [1.82, 2.24) is 20.2 Å². The van der Waals surface area contributed by atoms with E-state index in [1.165, 1.54) is 17.3 Å². The SMILES string of the molecule is Cc1ccc(CNC(=O)CSc2nc3ccccc3c(=O)n2CCCC(=O)NCC2CCCO2)cc1. The molecule has 0 aliphatic carbocycles. The van der Waals surface area contributed by atoms with E-state index >= 15 is 0 Å². The molecule has 1 aliphatic rings. The van der Waals surface area contributed by atoms with Crippen LogP contribution in [0.3, 0.4) is 0 Å². The number of para-hydroxylation sites is 1. The molecule has 4 rings (SSSR count). The summed E-state index contributed by atoms with van der Waals surface area (Å²) in [6, 6.07) is 15.2. The summed E-state index contributed by atoms with van der Waals surface area (Å²) < 4.78 is 7.12. The number of carbonyl (C=O) groups excluding carboxylic acids is 2. The monoisotopic (exact) mass is 508 g/mol. The van der Waals surface area contributed by atoms with Gasteiger partial charge in [-0.3, -0.25) is 19.0 Å². The molecular weight excluding hydrogens is 476 g/mol. The van der Waals surface area contributed by atoms with Crippen LogP contribution in [-0.4, -0.2) is 46.4 Å². The molecule has 1 saturated heterocycles. The first kappa shape index (κ1) is 25.9. The minimum Gasteiger partial charge on any atom is -0.376 e. The lowest BCUT2D eigenvalue weighted by atomic mass is 10.1. The lowest BCUT2D eigenvalue weighted by Gasteiger charge is -2.14. The Hall–Kier alpha value is -3.17. The molecule has 8 nitrogen and oxygen atoms in total. The Kier molecular flexibility index (Phi) is 9.13. The molecule has 0 radical (unpaired) electrons. The number of carbonyl (C=O) groups is 2. The van der Waals surface area contributed by atoms with E-state index in [0.29, 0.717) is 48.5 Å². The smallest absolute Gasteiger partial charge is 0.262 e. The van der Waals surface area contributed by atoms with Crippen LogP contribution in [0.4, 0.5) is 0 Å². The predicted octanol–water partition coefficient (Wildman–Crippen LogP) is 3.19. The molecule has 190 valence electrons. The second kappa shape index (κ2) is 12.7. The van der Waals surface area contributed by atoms with Gasteiger partial charge in [0, 0.05) is 32.7 Å². The molecule has 0 bridgehead atoms. The zero-order valence-corrected chi connectivity index (χ0v) is 21.3. The Labute approximate surface area is 214 Å². The summed E-state index contributed by atoms with van der Waals surface area (Å²) >= 11 is 1.23. The van der Waals surface area contributed by atoms with Crippen LogP contribution in [0.2, 0.25) is 0 Å². The van der Waals surface area contributed by atoms with Gasteiger partial charge in [0.25, 0.3) is 5.56 Å². The van der Waals surface area contributed by atoms with Crippen molar-refractivity contribution in [2.45, 2.75) is 57.0 Å². The van der Waals surface area contributed by atoms with Crippen molar-refractivity contribution in [3.05, 3.63) is 70.0 Å². The maximum absolute atomic E-state index is 13.2. The lowest BCUT2D eigenvalue weighted by molar-refractivity contribution is -0.121. The fourth-order valence-corrected chi connectivity index (χ4v) is 4.92. The van der Waals surface area contributed by atoms with Crippen LogP contribution in [0.5, 0.6) is 0 Å². The molecule has 0 saturated carbocycles. The molecule has 2 heterocycles. The van der Waals surface area contributed by atoms with Gasteiger partial charge in [0.2, 0.25) is 11.8 Å². The fourth-order valence-electron chi connectivity index (χ4n) is 4.06. The minimum absolute atomic E-state index is 0.0583. The number of hydrogen-bond acceptors (Lipinski definition) is 6. The first-order chi connectivity index (χ1) is 17.5. The number of rotatable bonds is 11. The van der Waals surface area contributed by atoms with Crippen LogP contribution >= 0.6 is 11.8 Å². The van der Waals surface area contributed by atoms with Gasteiger partial charge in [0.05, 0.1) is 22.8 Å². The van der Waals surface area contributed by atoms with Gasteiger partial charge in [-0.2, -0.15) is 0 Å². The Morgan fingerprint density at radius 3 is 2.69 bits per heavy atom. The number of nitrogens with zero attached hydrogens (tertiary/aromatic N) is 2. The Morgan fingerprint density at radius 1 is 1.11 bits per heavy atom. The quantitative estimate of drug-likeness (QED) is 0.305. The highest BCUT2D eigenvalue weighted by molar-refractivity contribution is 7.99. The summed E-state index contributed by atoms with van der Waals surface area (Å²) in [6.07, 6.45) is 2.89. The molecule has 1 atom stereocenters. The molecule has 3 aromatic rings. The van der Waals surface area contributed by atoms with Crippen LogP contribution in [0.15, 0.2) is 58.5 Å². The second-order valence-corrected chi connectivity index (χ2v) is 9.90. The predicted molar refractivity (Wildman–Crippen MR) is 141 cm³/mol. The van der Waals surface area contributed by atoms with E-state index in [1.807, 2.05) is 37.3 Å². The molecule has 1 aromatic heterocycles. The first-order valence-electron chi connectivity index (χ1n) is 12.3. The van der Waals surface area contributed by atoms with Crippen LogP contribution < -0.4 is 16.2 Å². The number of aromatic nitrogens is 2. The van der Waals surface area contributed by atoms with Crippen molar-refractivity contribution in [2.75, 3.05) is 18.9 Å². The average Bonchev–Trinajstić information content (AvgIpc) is 3.41. The summed E-state index contributed by atoms with van der Waals surface area (Å²) in [6.45, 7) is 4.08. The molecule has 1 aliphatic heterocycles. The topological polar surface area (TPSA) is 102 Å². The van der Waals surface area contributed by atoms with Crippen molar-refractivity contribution in [3.8, 4) is 0 Å². The molecule has 1 fully saturated rings. The minimum atomic E-state index is -0.164. The largest absolute Gasteiger partial charge is 0.376 e. The van der Waals surface area contributed by atoms with E-state index in [9.17, 15) is 14.4 Å². The Morgan fingerprint density at radius 2 is 1.92 bits per heavy atom. The molecular formula is C27H32N4O4S. The number of benzene rings is 2. The maximum atomic E-state index is 13.2. The van der Waals surface area contributed by atoms with Crippen molar-refractivity contribution >= 4 is 34.5 Å². The maximum Gasteiger partial charge on any atom is 0.262 e. The fraction of sp³-hybridized carbons (Fsp3) is 0.407. The van der Waals surface area contributed by atoms with Crippen molar-refractivity contribution in [1.29, 1.82) is 0 Å². The van der Waals surface area contributed by atoms with Crippen molar-refractivity contribution in [2.24, 2.45) is 0 Å². The highest BCUT2D eigenvalue weighted by Gasteiger charge is 2.17. The summed E-state index contributed by atoms with van der Waals surface area (Å²) in [7, 11) is 0. The number of aryl methyl sites for hydroxylation is 1. The molecule has 2 aromatic carbocycles. The van der Waals surface area contributed by atoms with Crippen molar-refractivity contribution < 1.29 is 14.3 Å². The molecule has 1 unspecified atom stereocenters. The second-order valence-electron chi connectivity index (χ2n) is 8.96. The van der Waals surface area contributed by atoms with Crippen LogP contribution in [0, 0.1) is 6.92 Å². The van der Waals surface area contributed by atoms with Gasteiger partial charge in [-0.05, 0) is 43.9 Å². The van der Waals surface area contributed by atoms with Gasteiger partial charge in [-0.15, -0.1) is 0 Å². The van der Waals surface area contributed by atoms with E-state index < -0.39 is 0 Å². The summed E-state index contributed by atoms with van der Waals surface area (Å²) in [4.78, 5) is 42.6. The number of thioether (sulfide) groups is 1. The molecule has 0 spiro atoms. The molecule has 36 heavy (non-hydrogen) atoms.